The van der Waals surface area contributed by atoms with Crippen molar-refractivity contribution < 1.29 is 4.79 Å². The summed E-state index contributed by atoms with van der Waals surface area (Å²) in [5.41, 5.74) is 3.59. The molecule has 3 heterocycles. The summed E-state index contributed by atoms with van der Waals surface area (Å²) in [7, 11) is 1.86. The van der Waals surface area contributed by atoms with Crippen molar-refractivity contribution in [3.63, 3.8) is 0 Å². The molecule has 4 rings (SSSR count). The van der Waals surface area contributed by atoms with Crippen LogP contribution in [-0.2, 0) is 13.6 Å². The maximum absolute atomic E-state index is 12.7. The van der Waals surface area contributed by atoms with E-state index in [1.165, 1.54) is 6.07 Å². The highest BCUT2D eigenvalue weighted by Crippen LogP contribution is 2.20. The lowest BCUT2D eigenvalue weighted by Crippen LogP contribution is -2.26. The second-order valence-corrected chi connectivity index (χ2v) is 6.66. The van der Waals surface area contributed by atoms with Gasteiger partial charge in [0.15, 0.2) is 0 Å². The number of H-pyrrole nitrogens is 1. The van der Waals surface area contributed by atoms with Crippen LogP contribution in [0, 0.1) is 6.92 Å². The molecule has 28 heavy (non-hydrogen) atoms. The molecule has 0 unspecified atom stereocenters. The monoisotopic (exact) mass is 373 g/mol. The topological polar surface area (TPSA) is 92.7 Å². The van der Waals surface area contributed by atoms with E-state index in [0.717, 1.165) is 16.5 Å². The molecule has 0 fully saturated rings. The van der Waals surface area contributed by atoms with Crippen LogP contribution in [0.4, 0.5) is 0 Å². The highest BCUT2D eigenvalue weighted by Gasteiger charge is 2.14. The van der Waals surface area contributed by atoms with Crippen molar-refractivity contribution in [1.82, 2.24) is 24.8 Å². The standard InChI is InChI=1S/C21H19N5O2/c1-13-5-6-17-15(8-13)9-18(26(17)2)21(28)23-12-16-10-19(27)25-20(24-16)14-4-3-7-22-11-14/h3-11H,12H2,1-2H3,(H,23,28)(H,24,25,27). The van der Waals surface area contributed by atoms with Gasteiger partial charge in [-0.15, -0.1) is 0 Å². The molecule has 140 valence electrons. The van der Waals surface area contributed by atoms with Gasteiger partial charge in [-0.05, 0) is 37.3 Å². The van der Waals surface area contributed by atoms with Crippen molar-refractivity contribution in [2.45, 2.75) is 13.5 Å². The maximum atomic E-state index is 12.7. The number of hydrogen-bond acceptors (Lipinski definition) is 4. The van der Waals surface area contributed by atoms with Gasteiger partial charge < -0.3 is 14.9 Å². The minimum atomic E-state index is -0.279. The largest absolute Gasteiger partial charge is 0.345 e. The Hall–Kier alpha value is -3.74. The summed E-state index contributed by atoms with van der Waals surface area (Å²) in [5, 5.41) is 3.86. The maximum Gasteiger partial charge on any atom is 0.268 e. The minimum absolute atomic E-state index is 0.149. The zero-order valence-electron chi connectivity index (χ0n) is 15.6. The van der Waals surface area contributed by atoms with Crippen LogP contribution < -0.4 is 10.9 Å². The van der Waals surface area contributed by atoms with E-state index in [0.29, 0.717) is 22.8 Å². The van der Waals surface area contributed by atoms with Crippen molar-refractivity contribution in [3.05, 3.63) is 82.2 Å². The smallest absolute Gasteiger partial charge is 0.268 e. The summed E-state index contributed by atoms with van der Waals surface area (Å²) in [6, 6.07) is 12.9. The predicted molar refractivity (Wildman–Crippen MR) is 107 cm³/mol. The molecule has 4 aromatic rings. The number of carbonyl (C=O) groups excluding carboxylic acids is 1. The number of benzene rings is 1. The van der Waals surface area contributed by atoms with Crippen LogP contribution in [0.3, 0.4) is 0 Å². The summed E-state index contributed by atoms with van der Waals surface area (Å²) in [5.74, 6) is 0.200. The fourth-order valence-electron chi connectivity index (χ4n) is 3.19. The number of rotatable bonds is 4. The number of carbonyl (C=O) groups is 1. The summed E-state index contributed by atoms with van der Waals surface area (Å²) in [6.45, 7) is 2.17. The number of nitrogens with one attached hydrogen (secondary N) is 2. The molecule has 0 aliphatic rings. The molecular formula is C21H19N5O2. The predicted octanol–water partition coefficient (Wildman–Crippen LogP) is 2.56. The Morgan fingerprint density at radius 3 is 2.86 bits per heavy atom. The molecule has 0 radical (unpaired) electrons. The van der Waals surface area contributed by atoms with Crippen LogP contribution in [0.2, 0.25) is 0 Å². The Morgan fingerprint density at radius 1 is 1.21 bits per heavy atom. The van der Waals surface area contributed by atoms with E-state index in [1.807, 2.05) is 48.9 Å². The van der Waals surface area contributed by atoms with E-state index in [1.54, 1.807) is 18.5 Å². The number of aromatic amines is 1. The molecule has 7 heteroatoms. The molecule has 0 saturated heterocycles. The van der Waals surface area contributed by atoms with Gasteiger partial charge in [0, 0.05) is 42.0 Å². The normalized spacial score (nSPS) is 10.9. The Balaban J connectivity index is 1.56. The van der Waals surface area contributed by atoms with Crippen molar-refractivity contribution in [2.24, 2.45) is 7.05 Å². The Labute approximate surface area is 161 Å². The van der Waals surface area contributed by atoms with Crippen LogP contribution in [0.25, 0.3) is 22.3 Å². The third-order valence-electron chi connectivity index (χ3n) is 4.59. The molecule has 0 aliphatic carbocycles. The molecule has 3 aromatic heterocycles. The number of aryl methyl sites for hydroxylation is 2. The summed E-state index contributed by atoms with van der Waals surface area (Å²) < 4.78 is 1.86. The van der Waals surface area contributed by atoms with Gasteiger partial charge in [0.25, 0.3) is 11.5 Å². The van der Waals surface area contributed by atoms with E-state index in [2.05, 4.69) is 20.3 Å². The number of hydrogen-bond donors (Lipinski definition) is 2. The van der Waals surface area contributed by atoms with Gasteiger partial charge in [0.05, 0.1) is 12.2 Å². The molecule has 1 aromatic carbocycles. The van der Waals surface area contributed by atoms with Crippen LogP contribution >= 0.6 is 0 Å². The Bertz CT molecular complexity index is 1220. The van der Waals surface area contributed by atoms with Crippen molar-refractivity contribution >= 4 is 16.8 Å². The van der Waals surface area contributed by atoms with Crippen LogP contribution in [-0.4, -0.2) is 25.4 Å². The van der Waals surface area contributed by atoms with E-state index in [9.17, 15) is 9.59 Å². The first-order valence-corrected chi connectivity index (χ1v) is 8.86. The first-order valence-electron chi connectivity index (χ1n) is 8.86. The Kier molecular flexibility index (Phi) is 4.49. The van der Waals surface area contributed by atoms with Gasteiger partial charge in [-0.25, -0.2) is 4.98 Å². The lowest BCUT2D eigenvalue weighted by Gasteiger charge is -2.07. The molecule has 2 N–H and O–H groups in total. The van der Waals surface area contributed by atoms with Crippen molar-refractivity contribution in [2.75, 3.05) is 0 Å². The van der Waals surface area contributed by atoms with Crippen molar-refractivity contribution in [1.29, 1.82) is 0 Å². The number of amides is 1. The average Bonchev–Trinajstić information content (AvgIpc) is 3.02. The van der Waals surface area contributed by atoms with E-state index in [4.69, 9.17) is 0 Å². The molecule has 0 spiro atoms. The van der Waals surface area contributed by atoms with Crippen LogP contribution in [0.15, 0.2) is 59.7 Å². The molecule has 1 amide bonds. The molecule has 0 atom stereocenters. The fraction of sp³-hybridized carbons (Fsp3) is 0.143. The molecule has 0 saturated carbocycles. The molecule has 0 aliphatic heterocycles. The average molecular weight is 373 g/mol. The van der Waals surface area contributed by atoms with Gasteiger partial charge >= 0.3 is 0 Å². The van der Waals surface area contributed by atoms with Gasteiger partial charge in [-0.3, -0.25) is 14.6 Å². The van der Waals surface area contributed by atoms with Gasteiger partial charge in [0.2, 0.25) is 0 Å². The SMILES string of the molecule is Cc1ccc2c(c1)cc(C(=O)NCc1cc(=O)[nH]c(-c3cccnc3)n1)n2C. The lowest BCUT2D eigenvalue weighted by molar-refractivity contribution is 0.0942. The van der Waals surface area contributed by atoms with E-state index >= 15 is 0 Å². The number of aromatic nitrogens is 4. The third-order valence-corrected chi connectivity index (χ3v) is 4.59. The lowest BCUT2D eigenvalue weighted by atomic mass is 10.2. The Morgan fingerprint density at radius 2 is 2.07 bits per heavy atom. The van der Waals surface area contributed by atoms with Gasteiger partial charge in [-0.2, -0.15) is 0 Å². The van der Waals surface area contributed by atoms with Crippen LogP contribution in [0.1, 0.15) is 21.7 Å². The van der Waals surface area contributed by atoms with E-state index in [-0.39, 0.29) is 18.0 Å². The highest BCUT2D eigenvalue weighted by atomic mass is 16.2. The van der Waals surface area contributed by atoms with Crippen LogP contribution in [0.5, 0.6) is 0 Å². The summed E-state index contributed by atoms with van der Waals surface area (Å²) in [6.07, 6.45) is 3.27. The second kappa shape index (κ2) is 7.11. The third kappa shape index (κ3) is 3.42. The first-order chi connectivity index (χ1) is 13.5. The number of fused-ring (bicyclic) bond motifs is 1. The highest BCUT2D eigenvalue weighted by molar-refractivity contribution is 5.98. The van der Waals surface area contributed by atoms with E-state index < -0.39 is 0 Å². The van der Waals surface area contributed by atoms with Gasteiger partial charge in [-0.1, -0.05) is 11.6 Å². The van der Waals surface area contributed by atoms with Crippen molar-refractivity contribution in [3.8, 4) is 11.4 Å². The summed E-state index contributed by atoms with van der Waals surface area (Å²) >= 11 is 0. The summed E-state index contributed by atoms with van der Waals surface area (Å²) in [4.78, 5) is 35.8. The molecular weight excluding hydrogens is 354 g/mol. The fourth-order valence-corrected chi connectivity index (χ4v) is 3.19. The second-order valence-electron chi connectivity index (χ2n) is 6.66. The zero-order chi connectivity index (χ0) is 19.7. The van der Waals surface area contributed by atoms with Gasteiger partial charge in [0.1, 0.15) is 11.5 Å². The number of pyridine rings is 1. The number of nitrogens with zero attached hydrogens (tertiary/aromatic N) is 3. The molecule has 7 nitrogen and oxygen atoms in total. The minimum Gasteiger partial charge on any atom is -0.345 e. The zero-order valence-corrected chi connectivity index (χ0v) is 15.6. The quantitative estimate of drug-likeness (QED) is 0.575. The first kappa shape index (κ1) is 17.7. The molecule has 0 bridgehead atoms.